The number of hydrogen-bond acceptors (Lipinski definition) is 4. The van der Waals surface area contributed by atoms with Crippen LogP contribution in [0.1, 0.15) is 32.6 Å². The number of carbonyl (C=O) groups is 2. The van der Waals surface area contributed by atoms with Gasteiger partial charge in [-0.05, 0) is 31.3 Å². The Morgan fingerprint density at radius 1 is 1.19 bits per heavy atom. The van der Waals surface area contributed by atoms with E-state index in [1.165, 1.54) is 0 Å². The normalized spacial score (nSPS) is 21.9. The van der Waals surface area contributed by atoms with E-state index in [2.05, 4.69) is 17.6 Å². The summed E-state index contributed by atoms with van der Waals surface area (Å²) in [5.74, 6) is 0.0397. The molecule has 0 aromatic rings. The van der Waals surface area contributed by atoms with Crippen molar-refractivity contribution in [3.05, 3.63) is 0 Å². The third-order valence-corrected chi connectivity index (χ3v) is 4.45. The Morgan fingerprint density at radius 3 is 2.52 bits per heavy atom. The van der Waals surface area contributed by atoms with Crippen LogP contribution >= 0.6 is 0 Å². The van der Waals surface area contributed by atoms with Crippen molar-refractivity contribution in [2.45, 2.75) is 32.6 Å². The predicted molar refractivity (Wildman–Crippen MR) is 79.9 cm³/mol. The molecule has 0 atom stereocenters. The van der Waals surface area contributed by atoms with Crippen molar-refractivity contribution < 1.29 is 14.3 Å². The van der Waals surface area contributed by atoms with Gasteiger partial charge < -0.3 is 20.3 Å². The zero-order chi connectivity index (χ0) is 15.1. The van der Waals surface area contributed by atoms with Gasteiger partial charge in [0, 0.05) is 32.5 Å². The molecule has 6 heteroatoms. The molecule has 2 fully saturated rings. The zero-order valence-electron chi connectivity index (χ0n) is 13.0. The van der Waals surface area contributed by atoms with Crippen molar-refractivity contribution in [2.75, 3.05) is 45.9 Å². The van der Waals surface area contributed by atoms with Crippen LogP contribution in [-0.4, -0.2) is 62.7 Å². The third kappa shape index (κ3) is 5.28. The second-order valence-corrected chi connectivity index (χ2v) is 6.33. The standard InChI is InChI=1S/C15H27N3O3/c1-15(4-6-16-7-5-15)12-17-13(19)2-3-14(20)18-8-10-21-11-9-18/h16H,2-12H2,1H3,(H,17,19). The Morgan fingerprint density at radius 2 is 1.86 bits per heavy atom. The highest BCUT2D eigenvalue weighted by molar-refractivity contribution is 5.83. The minimum atomic E-state index is -0.0173. The molecule has 2 N–H and O–H groups in total. The number of hydrogen-bond donors (Lipinski definition) is 2. The van der Waals surface area contributed by atoms with Crippen LogP contribution in [0.15, 0.2) is 0 Å². The summed E-state index contributed by atoms with van der Waals surface area (Å²) in [6.07, 6.45) is 2.74. The maximum Gasteiger partial charge on any atom is 0.223 e. The number of ether oxygens (including phenoxy) is 1. The Kier molecular flexibility index (Phi) is 5.99. The number of amides is 2. The predicted octanol–water partition coefficient (Wildman–Crippen LogP) is 0.131. The van der Waals surface area contributed by atoms with Crippen LogP contribution in [0.5, 0.6) is 0 Å². The van der Waals surface area contributed by atoms with Crippen molar-refractivity contribution in [2.24, 2.45) is 5.41 Å². The lowest BCUT2D eigenvalue weighted by molar-refractivity contribution is -0.137. The van der Waals surface area contributed by atoms with Crippen molar-refractivity contribution in [3.63, 3.8) is 0 Å². The van der Waals surface area contributed by atoms with Gasteiger partial charge in [-0.2, -0.15) is 0 Å². The maximum absolute atomic E-state index is 12.0. The SMILES string of the molecule is CC1(CNC(=O)CCC(=O)N2CCOCC2)CCNCC1. The summed E-state index contributed by atoms with van der Waals surface area (Å²) in [5.41, 5.74) is 0.190. The lowest BCUT2D eigenvalue weighted by Crippen LogP contribution is -2.43. The molecule has 0 radical (unpaired) electrons. The largest absolute Gasteiger partial charge is 0.378 e. The van der Waals surface area contributed by atoms with Crippen LogP contribution in [-0.2, 0) is 14.3 Å². The van der Waals surface area contributed by atoms with E-state index in [0.717, 1.165) is 25.9 Å². The van der Waals surface area contributed by atoms with Gasteiger partial charge >= 0.3 is 0 Å². The molecule has 21 heavy (non-hydrogen) atoms. The minimum Gasteiger partial charge on any atom is -0.378 e. The number of carbonyl (C=O) groups excluding carboxylic acids is 2. The summed E-state index contributed by atoms with van der Waals surface area (Å²) in [4.78, 5) is 25.6. The fraction of sp³-hybridized carbons (Fsp3) is 0.867. The van der Waals surface area contributed by atoms with Crippen molar-refractivity contribution in [1.29, 1.82) is 0 Å². The molecule has 0 spiro atoms. The Bertz CT molecular complexity index is 361. The molecule has 2 amide bonds. The fourth-order valence-electron chi connectivity index (χ4n) is 2.80. The van der Waals surface area contributed by atoms with Crippen molar-refractivity contribution in [1.82, 2.24) is 15.5 Å². The molecule has 0 aromatic heterocycles. The summed E-state index contributed by atoms with van der Waals surface area (Å²) >= 11 is 0. The molecule has 0 aliphatic carbocycles. The van der Waals surface area contributed by atoms with Crippen LogP contribution in [0.3, 0.4) is 0 Å². The first kappa shape index (κ1) is 16.2. The van der Waals surface area contributed by atoms with Crippen LogP contribution in [0.4, 0.5) is 0 Å². The van der Waals surface area contributed by atoms with E-state index < -0.39 is 0 Å². The van der Waals surface area contributed by atoms with Gasteiger partial charge in [0.25, 0.3) is 0 Å². The number of nitrogens with one attached hydrogen (secondary N) is 2. The fourth-order valence-corrected chi connectivity index (χ4v) is 2.80. The average Bonchev–Trinajstić information content (AvgIpc) is 2.52. The smallest absolute Gasteiger partial charge is 0.223 e. The summed E-state index contributed by atoms with van der Waals surface area (Å²) in [7, 11) is 0. The van der Waals surface area contributed by atoms with Crippen molar-refractivity contribution in [3.8, 4) is 0 Å². The van der Waals surface area contributed by atoms with Crippen LogP contribution in [0, 0.1) is 5.41 Å². The molecule has 0 unspecified atom stereocenters. The summed E-state index contributed by atoms with van der Waals surface area (Å²) < 4.78 is 5.21. The average molecular weight is 297 g/mol. The van der Waals surface area contributed by atoms with Gasteiger partial charge in [0.1, 0.15) is 0 Å². The number of nitrogens with zero attached hydrogens (tertiary/aromatic N) is 1. The molecule has 0 aromatic carbocycles. The summed E-state index contributed by atoms with van der Waals surface area (Å²) in [6, 6.07) is 0. The highest BCUT2D eigenvalue weighted by atomic mass is 16.5. The minimum absolute atomic E-state index is 0.0173. The highest BCUT2D eigenvalue weighted by Crippen LogP contribution is 2.26. The molecular weight excluding hydrogens is 270 g/mol. The Balaban J connectivity index is 1.63. The zero-order valence-corrected chi connectivity index (χ0v) is 13.0. The van der Waals surface area contributed by atoms with E-state index in [9.17, 15) is 9.59 Å². The first-order valence-corrected chi connectivity index (χ1v) is 7.92. The van der Waals surface area contributed by atoms with Gasteiger partial charge in [0.15, 0.2) is 0 Å². The van der Waals surface area contributed by atoms with E-state index in [4.69, 9.17) is 4.74 Å². The lowest BCUT2D eigenvalue weighted by Gasteiger charge is -2.34. The van der Waals surface area contributed by atoms with Gasteiger partial charge in [-0.3, -0.25) is 9.59 Å². The second kappa shape index (κ2) is 7.75. The van der Waals surface area contributed by atoms with E-state index in [-0.39, 0.29) is 23.7 Å². The van der Waals surface area contributed by atoms with E-state index >= 15 is 0 Å². The topological polar surface area (TPSA) is 70.7 Å². The van der Waals surface area contributed by atoms with Gasteiger partial charge in [-0.25, -0.2) is 0 Å². The number of morpholine rings is 1. The molecule has 2 saturated heterocycles. The molecule has 0 bridgehead atoms. The van der Waals surface area contributed by atoms with Crippen LogP contribution < -0.4 is 10.6 Å². The molecule has 2 aliphatic rings. The number of piperidine rings is 1. The van der Waals surface area contributed by atoms with Gasteiger partial charge in [0.2, 0.25) is 11.8 Å². The molecule has 6 nitrogen and oxygen atoms in total. The third-order valence-electron chi connectivity index (χ3n) is 4.45. The molecule has 2 rings (SSSR count). The van der Waals surface area contributed by atoms with Crippen LogP contribution in [0.25, 0.3) is 0 Å². The summed E-state index contributed by atoms with van der Waals surface area (Å²) in [6.45, 7) is 7.45. The van der Waals surface area contributed by atoms with E-state index in [0.29, 0.717) is 39.3 Å². The lowest BCUT2D eigenvalue weighted by atomic mass is 9.81. The highest BCUT2D eigenvalue weighted by Gasteiger charge is 2.27. The molecule has 2 aliphatic heterocycles. The maximum atomic E-state index is 12.0. The molecule has 2 heterocycles. The van der Waals surface area contributed by atoms with Gasteiger partial charge in [0.05, 0.1) is 13.2 Å². The first-order chi connectivity index (χ1) is 10.1. The number of rotatable bonds is 5. The Hall–Kier alpha value is -1.14. The van der Waals surface area contributed by atoms with E-state index in [1.54, 1.807) is 4.90 Å². The van der Waals surface area contributed by atoms with Crippen LogP contribution in [0.2, 0.25) is 0 Å². The monoisotopic (exact) mass is 297 g/mol. The van der Waals surface area contributed by atoms with Gasteiger partial charge in [-0.1, -0.05) is 6.92 Å². The van der Waals surface area contributed by atoms with Gasteiger partial charge in [-0.15, -0.1) is 0 Å². The molecular formula is C15H27N3O3. The molecule has 0 saturated carbocycles. The Labute approximate surface area is 126 Å². The second-order valence-electron chi connectivity index (χ2n) is 6.33. The molecule has 120 valence electrons. The van der Waals surface area contributed by atoms with E-state index in [1.807, 2.05) is 0 Å². The van der Waals surface area contributed by atoms with Crippen molar-refractivity contribution >= 4 is 11.8 Å². The quantitative estimate of drug-likeness (QED) is 0.757. The first-order valence-electron chi connectivity index (χ1n) is 7.92. The summed E-state index contributed by atoms with van der Waals surface area (Å²) in [5, 5.41) is 6.32.